The average molecular weight is 926 g/mol. The normalized spacial score (nSPS) is 16.5. The van der Waals surface area contributed by atoms with Crippen molar-refractivity contribution in [1.82, 2.24) is 24.5 Å². The molecular weight excluding hydrogens is 879 g/mol. The number of nitrogens with zero attached hydrogens (tertiary/aromatic N) is 5. The number of nitrogens with one attached hydrogen (secondary N) is 1. The predicted molar refractivity (Wildman–Crippen MR) is 247 cm³/mol. The highest BCUT2D eigenvalue weighted by atomic mass is 35.5. The fourth-order valence-electron chi connectivity index (χ4n) is 7.86. The molecule has 2 atom stereocenters. The first-order valence-electron chi connectivity index (χ1n) is 20.9. The zero-order valence-corrected chi connectivity index (χ0v) is 37.8. The lowest BCUT2D eigenvalue weighted by Gasteiger charge is -2.29. The fraction of sp³-hybridized carbons (Fsp3) is 0.333. The van der Waals surface area contributed by atoms with Crippen molar-refractivity contribution in [2.45, 2.75) is 71.2 Å². The van der Waals surface area contributed by atoms with Gasteiger partial charge in [0.25, 0.3) is 5.56 Å². The van der Waals surface area contributed by atoms with E-state index in [-0.39, 0.29) is 49.2 Å². The summed E-state index contributed by atoms with van der Waals surface area (Å²) in [5.41, 5.74) is 4.48. The zero-order chi connectivity index (χ0) is 45.7. The monoisotopic (exact) mass is 924 g/mol. The maximum atomic E-state index is 13.8. The van der Waals surface area contributed by atoms with Gasteiger partial charge in [-0.15, -0.1) is 0 Å². The minimum Gasteiger partial charge on any atom is -0.492 e. The average Bonchev–Trinajstić information content (AvgIpc) is 3.90. The number of ether oxygens (including phenoxy) is 2. The maximum Gasteiger partial charge on any atom is 0.410 e. The molecule has 2 fully saturated rings. The third-order valence-electron chi connectivity index (χ3n) is 11.1. The highest BCUT2D eigenvalue weighted by Gasteiger charge is 2.30. The lowest BCUT2D eigenvalue weighted by molar-refractivity contribution is -0.141. The summed E-state index contributed by atoms with van der Waals surface area (Å²) in [5, 5.41) is 22.8. The Morgan fingerprint density at radius 1 is 0.984 bits per heavy atom. The molecule has 0 radical (unpaired) electrons. The lowest BCUT2D eigenvalue weighted by atomic mass is 9.97. The van der Waals surface area contributed by atoms with Gasteiger partial charge in [0, 0.05) is 71.8 Å². The van der Waals surface area contributed by atoms with Crippen LogP contribution in [0.4, 0.5) is 4.79 Å². The summed E-state index contributed by atoms with van der Waals surface area (Å²) in [4.78, 5) is 58.6. The van der Waals surface area contributed by atoms with Gasteiger partial charge in [0.2, 0.25) is 5.91 Å². The number of aromatic nitrogens is 2. The minimum atomic E-state index is -0.807. The van der Waals surface area contributed by atoms with Crippen LogP contribution in [-0.4, -0.2) is 80.1 Å². The van der Waals surface area contributed by atoms with Crippen LogP contribution < -0.4 is 15.6 Å². The lowest BCUT2D eigenvalue weighted by Crippen LogP contribution is -2.44. The van der Waals surface area contributed by atoms with Crippen molar-refractivity contribution >= 4 is 70.6 Å². The molecule has 7 rings (SSSR count). The van der Waals surface area contributed by atoms with Crippen LogP contribution in [0, 0.1) is 17.2 Å². The number of fused-ring (bicyclic) bond motifs is 1. The molecule has 2 aromatic heterocycles. The number of pyridine rings is 1. The molecule has 0 saturated carbocycles. The number of carbonyl (C=O) groups excluding carboxylic acids is 2. The number of carboxylic acids is 1. The first-order chi connectivity index (χ1) is 30.6. The Kier molecular flexibility index (Phi) is 14.3. The van der Waals surface area contributed by atoms with Gasteiger partial charge in [-0.2, -0.15) is 5.26 Å². The molecule has 0 bridgehead atoms. The molecule has 64 heavy (non-hydrogen) atoms. The van der Waals surface area contributed by atoms with Crippen LogP contribution in [-0.2, 0) is 27.4 Å². The van der Waals surface area contributed by atoms with Gasteiger partial charge in [0.05, 0.1) is 40.6 Å². The molecular formula is C48H47Cl3N6O7. The molecule has 4 heterocycles. The van der Waals surface area contributed by atoms with Crippen molar-refractivity contribution in [3.05, 3.63) is 121 Å². The van der Waals surface area contributed by atoms with Crippen molar-refractivity contribution in [1.29, 1.82) is 5.26 Å². The van der Waals surface area contributed by atoms with E-state index in [1.165, 1.54) is 15.5 Å². The van der Waals surface area contributed by atoms with Gasteiger partial charge in [-0.3, -0.25) is 23.7 Å². The number of likely N-dealkylation sites (tertiary alicyclic amines) is 1. The summed E-state index contributed by atoms with van der Waals surface area (Å²) >= 11 is 21.1. The summed E-state index contributed by atoms with van der Waals surface area (Å²) in [6.45, 7) is 7.14. The van der Waals surface area contributed by atoms with E-state index >= 15 is 0 Å². The van der Waals surface area contributed by atoms with Crippen LogP contribution in [0.2, 0.25) is 15.1 Å². The van der Waals surface area contributed by atoms with Gasteiger partial charge in [0.1, 0.15) is 23.6 Å². The van der Waals surface area contributed by atoms with E-state index in [0.717, 1.165) is 5.56 Å². The Hall–Kier alpha value is -5.91. The molecule has 0 spiro atoms. The van der Waals surface area contributed by atoms with Crippen LogP contribution >= 0.6 is 34.8 Å². The molecule has 2 saturated heterocycles. The number of rotatable bonds is 14. The van der Waals surface area contributed by atoms with Gasteiger partial charge in [-0.25, -0.2) is 9.78 Å². The quantitative estimate of drug-likeness (QED) is 0.0810. The second-order valence-electron chi connectivity index (χ2n) is 16.9. The number of carbonyl (C=O) groups is 3. The van der Waals surface area contributed by atoms with Crippen molar-refractivity contribution in [3.63, 3.8) is 0 Å². The van der Waals surface area contributed by atoms with Crippen molar-refractivity contribution in [2.75, 3.05) is 26.2 Å². The van der Waals surface area contributed by atoms with E-state index in [1.807, 2.05) is 60.7 Å². The van der Waals surface area contributed by atoms with Gasteiger partial charge < -0.3 is 24.8 Å². The number of halogens is 3. The van der Waals surface area contributed by atoms with Crippen LogP contribution in [0.5, 0.6) is 5.75 Å². The fourth-order valence-corrected chi connectivity index (χ4v) is 8.73. The van der Waals surface area contributed by atoms with Crippen LogP contribution in [0.15, 0.2) is 77.9 Å². The van der Waals surface area contributed by atoms with Crippen molar-refractivity contribution in [2.24, 2.45) is 5.92 Å². The number of amides is 2. The van der Waals surface area contributed by atoms with Crippen LogP contribution in [0.3, 0.4) is 0 Å². The third kappa shape index (κ3) is 10.9. The van der Waals surface area contributed by atoms with Gasteiger partial charge in [0.15, 0.2) is 0 Å². The first-order valence-corrected chi connectivity index (χ1v) is 22.0. The van der Waals surface area contributed by atoms with Crippen LogP contribution in [0.25, 0.3) is 40.1 Å². The molecule has 2 aliphatic rings. The standard InChI is InChI=1S/C48H47Cl3N6O7/c1-48(2,3)64-47(62)56(28-35-13-14-42(58)54-35)27-34-24-53-41-23-30(16-19-57(41)45(34)59)36-8-5-10-38(44(36)51)37-9-4-7-29(43(37)50)11-12-31-22-40(63-20-6-17-52)33(21-39(31)49)26-55-18-15-32(25-55)46(60)61/h4-5,7-12,16,19,21-24,32,35H,6,13-15,18,20,25-28H2,1-3H3,(H,54,58)(H,60,61)/b12-11+/t32?,35-/m0/s1. The minimum absolute atomic E-state index is 0.0600. The number of hydrogen-bond donors (Lipinski definition) is 2. The smallest absolute Gasteiger partial charge is 0.410 e. The first kappa shape index (κ1) is 46.1. The van der Waals surface area contributed by atoms with E-state index in [2.05, 4.69) is 21.3 Å². The Labute approximate surface area is 385 Å². The van der Waals surface area contributed by atoms with E-state index < -0.39 is 23.6 Å². The molecule has 5 aromatic rings. The SMILES string of the molecule is CC(C)(C)OC(=O)N(Cc1cnc2cc(-c3cccc(-c4cccc(/C=C/c5cc(OCCC#N)c(CN6CCC(C(=O)O)C6)cc5Cl)c4Cl)c3Cl)ccn2c1=O)C[C@@H]1CCC(=O)N1. The maximum absolute atomic E-state index is 13.8. The highest BCUT2D eigenvalue weighted by molar-refractivity contribution is 6.39. The molecule has 3 aromatic carbocycles. The highest BCUT2D eigenvalue weighted by Crippen LogP contribution is 2.41. The van der Waals surface area contributed by atoms with Crippen molar-refractivity contribution in [3.8, 4) is 34.1 Å². The zero-order valence-electron chi connectivity index (χ0n) is 35.6. The molecule has 0 aliphatic carbocycles. The third-order valence-corrected chi connectivity index (χ3v) is 12.2. The van der Waals surface area contributed by atoms with Gasteiger partial charge in [-0.05, 0) is 81.1 Å². The Morgan fingerprint density at radius 3 is 2.42 bits per heavy atom. The van der Waals surface area contributed by atoms with Crippen molar-refractivity contribution < 1.29 is 29.0 Å². The summed E-state index contributed by atoms with van der Waals surface area (Å²) in [6.07, 6.45) is 7.88. The number of carboxylic acid groups (broad SMARTS) is 1. The summed E-state index contributed by atoms with van der Waals surface area (Å²) in [5.74, 6) is -0.747. The van der Waals surface area contributed by atoms with Gasteiger partial charge in [-0.1, -0.05) is 83.4 Å². The van der Waals surface area contributed by atoms with Gasteiger partial charge >= 0.3 is 12.1 Å². The number of nitriles is 1. The molecule has 16 heteroatoms. The second-order valence-corrected chi connectivity index (χ2v) is 18.1. The number of aliphatic carboxylic acids is 1. The predicted octanol–water partition coefficient (Wildman–Crippen LogP) is 9.37. The summed E-state index contributed by atoms with van der Waals surface area (Å²) in [6, 6.07) is 20.3. The molecule has 2 aliphatic heterocycles. The Bertz CT molecular complexity index is 2740. The van der Waals surface area contributed by atoms with E-state index in [1.54, 1.807) is 39.1 Å². The molecule has 2 amide bonds. The molecule has 2 N–H and O–H groups in total. The van der Waals surface area contributed by atoms with E-state index in [4.69, 9.17) is 49.5 Å². The molecule has 13 nitrogen and oxygen atoms in total. The Morgan fingerprint density at radius 2 is 1.72 bits per heavy atom. The van der Waals surface area contributed by atoms with Crippen LogP contribution in [0.1, 0.15) is 68.7 Å². The summed E-state index contributed by atoms with van der Waals surface area (Å²) in [7, 11) is 0. The summed E-state index contributed by atoms with van der Waals surface area (Å²) < 4.78 is 13.1. The Balaban J connectivity index is 1.13. The van der Waals surface area contributed by atoms with E-state index in [0.29, 0.717) is 98.7 Å². The van der Waals surface area contributed by atoms with E-state index in [9.17, 15) is 24.3 Å². The molecule has 1 unspecified atom stereocenters. The molecule has 332 valence electrons. The second kappa shape index (κ2) is 19.9. The topological polar surface area (TPSA) is 167 Å². The largest absolute Gasteiger partial charge is 0.492 e. The number of benzene rings is 3. The number of hydrogen-bond acceptors (Lipinski definition) is 9.